The number of nitriles is 2. The highest BCUT2D eigenvalue weighted by atomic mass is 16.5. The fraction of sp³-hybridized carbons (Fsp3) is 0.432. The predicted molar refractivity (Wildman–Crippen MR) is 234 cm³/mol. The largest absolute Gasteiger partial charge is 0.491 e. The van der Waals surface area contributed by atoms with Gasteiger partial charge in [0.2, 0.25) is 17.8 Å². The number of carbonyl (C=O) groups excluding carboxylic acids is 3. The van der Waals surface area contributed by atoms with E-state index in [1.165, 1.54) is 0 Å². The molecule has 2 aromatic carbocycles. The number of nitrogens with one attached hydrogen (secondary N) is 3. The van der Waals surface area contributed by atoms with Gasteiger partial charge in [-0.05, 0) is 71.2 Å². The number of fused-ring (bicyclic) bond motifs is 1. The summed E-state index contributed by atoms with van der Waals surface area (Å²) >= 11 is 0. The van der Waals surface area contributed by atoms with Crippen molar-refractivity contribution >= 4 is 51.7 Å². The number of hydrogen-bond acceptors (Lipinski definition) is 13. The third kappa shape index (κ3) is 9.10. The molecular formula is C44H50N14O6. The molecule has 1 unspecified atom stereocenters. The van der Waals surface area contributed by atoms with E-state index in [9.17, 15) is 24.9 Å². The van der Waals surface area contributed by atoms with E-state index in [1.54, 1.807) is 45.8 Å². The Balaban J connectivity index is 1.07. The van der Waals surface area contributed by atoms with Crippen LogP contribution in [0.25, 0.3) is 22.1 Å². The van der Waals surface area contributed by atoms with E-state index >= 15 is 0 Å². The number of aromatic nitrogens is 8. The quantitative estimate of drug-likeness (QED) is 0.109. The number of rotatable bonds is 17. The number of imidazole rings is 2. The fourth-order valence-electron chi connectivity index (χ4n) is 8.26. The van der Waals surface area contributed by atoms with Crippen molar-refractivity contribution in [1.29, 1.82) is 10.5 Å². The molecule has 4 aromatic heterocycles. The highest BCUT2D eigenvalue weighted by Gasteiger charge is 2.30. The number of aryl methyl sites for hydroxylation is 5. The molecule has 8 rings (SSSR count). The standard InChI is InChI=1S/C44H50N14O6/c1-5-56-34(17-27(3)52-56)41(60)50-43-48-32-19-29(23-45)21-36(63-14-8-10-47-38(59)25-54-12-15-62-16-13-54)39(32)55(43)11-7-9-31-26-64-37-22-30(24-46)20-33-40(37)58(31)44(49-33)51-42(61)35-18-28(4)53-57(35)6-2/h17-22,31H,5-16,25-26H2,1-4H3,(H,47,59)(H,48,50,60)(H,49,51,61). The molecule has 6 aromatic rings. The lowest BCUT2D eigenvalue weighted by atomic mass is 10.1. The summed E-state index contributed by atoms with van der Waals surface area (Å²) in [4.78, 5) is 51.9. The van der Waals surface area contributed by atoms with Crippen LogP contribution in [0.5, 0.6) is 11.5 Å². The summed E-state index contributed by atoms with van der Waals surface area (Å²) in [6.07, 6.45) is 1.57. The molecule has 0 bridgehead atoms. The van der Waals surface area contributed by atoms with Gasteiger partial charge in [0.05, 0.1) is 78.1 Å². The number of carbonyl (C=O) groups is 3. The lowest BCUT2D eigenvalue weighted by molar-refractivity contribution is -0.123. The summed E-state index contributed by atoms with van der Waals surface area (Å²) in [7, 11) is 0. The first kappa shape index (κ1) is 43.4. The van der Waals surface area contributed by atoms with Crippen molar-refractivity contribution in [2.75, 3.05) is 63.2 Å². The van der Waals surface area contributed by atoms with E-state index < -0.39 is 5.91 Å². The van der Waals surface area contributed by atoms with Crippen LogP contribution in [0.3, 0.4) is 0 Å². The highest BCUT2D eigenvalue weighted by molar-refractivity contribution is 6.04. The van der Waals surface area contributed by atoms with Crippen LogP contribution in [-0.2, 0) is 29.2 Å². The molecular weight excluding hydrogens is 821 g/mol. The zero-order valence-electron chi connectivity index (χ0n) is 36.3. The first-order chi connectivity index (χ1) is 31.1. The van der Waals surface area contributed by atoms with Gasteiger partial charge in [-0.15, -0.1) is 0 Å². The number of amides is 3. The van der Waals surface area contributed by atoms with Crippen molar-refractivity contribution in [3.8, 4) is 23.6 Å². The smallest absolute Gasteiger partial charge is 0.276 e. The van der Waals surface area contributed by atoms with Crippen molar-refractivity contribution < 1.29 is 28.6 Å². The van der Waals surface area contributed by atoms with Gasteiger partial charge < -0.3 is 28.7 Å². The van der Waals surface area contributed by atoms with Crippen molar-refractivity contribution in [2.45, 2.75) is 72.6 Å². The van der Waals surface area contributed by atoms with Crippen LogP contribution in [0.2, 0.25) is 0 Å². The maximum absolute atomic E-state index is 13.9. The lowest BCUT2D eigenvalue weighted by Gasteiger charge is -2.27. The van der Waals surface area contributed by atoms with E-state index in [0.29, 0.717) is 152 Å². The molecule has 0 radical (unpaired) electrons. The number of ether oxygens (including phenoxy) is 3. The molecule has 20 nitrogen and oxygen atoms in total. The third-order valence-electron chi connectivity index (χ3n) is 11.2. The van der Waals surface area contributed by atoms with Crippen molar-refractivity contribution in [3.05, 3.63) is 70.3 Å². The van der Waals surface area contributed by atoms with Crippen molar-refractivity contribution in [2.24, 2.45) is 0 Å². The summed E-state index contributed by atoms with van der Waals surface area (Å²) in [5.41, 5.74) is 5.09. The average Bonchev–Trinajstić information content (AvgIpc) is 4.07. The number of benzene rings is 2. The van der Waals surface area contributed by atoms with E-state index in [4.69, 9.17) is 24.2 Å². The molecule has 2 aliphatic rings. The normalized spacial score (nSPS) is 14.8. The van der Waals surface area contributed by atoms with Gasteiger partial charge in [0, 0.05) is 51.4 Å². The zero-order valence-corrected chi connectivity index (χ0v) is 36.3. The molecule has 332 valence electrons. The van der Waals surface area contributed by atoms with Crippen LogP contribution in [0.4, 0.5) is 11.9 Å². The minimum absolute atomic E-state index is 0.0717. The van der Waals surface area contributed by atoms with Gasteiger partial charge in [0.1, 0.15) is 40.5 Å². The van der Waals surface area contributed by atoms with E-state index in [1.807, 2.05) is 36.8 Å². The first-order valence-corrected chi connectivity index (χ1v) is 21.5. The molecule has 6 heterocycles. The molecule has 1 saturated heterocycles. The van der Waals surface area contributed by atoms with Gasteiger partial charge in [-0.2, -0.15) is 20.7 Å². The minimum Gasteiger partial charge on any atom is -0.491 e. The molecule has 0 aliphatic carbocycles. The van der Waals surface area contributed by atoms with Gasteiger partial charge in [-0.25, -0.2) is 9.97 Å². The van der Waals surface area contributed by atoms with Gasteiger partial charge in [-0.3, -0.25) is 39.3 Å². The second-order valence-electron chi connectivity index (χ2n) is 15.7. The summed E-state index contributed by atoms with van der Waals surface area (Å²) in [6, 6.07) is 14.2. The Bertz CT molecular complexity index is 2820. The summed E-state index contributed by atoms with van der Waals surface area (Å²) in [5, 5.41) is 37.6. The Hall–Kier alpha value is -7.29. The van der Waals surface area contributed by atoms with E-state index in [-0.39, 0.29) is 37.0 Å². The summed E-state index contributed by atoms with van der Waals surface area (Å²) in [6.45, 7) is 12.6. The average molecular weight is 871 g/mol. The molecule has 3 amide bonds. The predicted octanol–water partition coefficient (Wildman–Crippen LogP) is 4.31. The Morgan fingerprint density at radius 3 is 2.11 bits per heavy atom. The zero-order chi connectivity index (χ0) is 44.9. The number of hydrogen-bond donors (Lipinski definition) is 3. The van der Waals surface area contributed by atoms with Crippen LogP contribution in [0.1, 0.15) is 82.6 Å². The number of anilines is 2. The van der Waals surface area contributed by atoms with E-state index in [0.717, 1.165) is 0 Å². The second kappa shape index (κ2) is 19.0. The molecule has 20 heteroatoms. The lowest BCUT2D eigenvalue weighted by Crippen LogP contribution is -2.43. The topological polar surface area (TPSA) is 237 Å². The van der Waals surface area contributed by atoms with Crippen LogP contribution >= 0.6 is 0 Å². The molecule has 3 N–H and O–H groups in total. The number of nitrogens with zero attached hydrogens (tertiary/aromatic N) is 11. The maximum Gasteiger partial charge on any atom is 0.276 e. The fourth-order valence-corrected chi connectivity index (χ4v) is 8.26. The Morgan fingerprint density at radius 1 is 0.828 bits per heavy atom. The third-order valence-corrected chi connectivity index (χ3v) is 11.2. The van der Waals surface area contributed by atoms with Crippen LogP contribution in [0.15, 0.2) is 36.4 Å². The van der Waals surface area contributed by atoms with E-state index in [2.05, 4.69) is 43.2 Å². The van der Waals surface area contributed by atoms with Gasteiger partial charge in [0.25, 0.3) is 11.8 Å². The molecule has 0 spiro atoms. The van der Waals surface area contributed by atoms with Gasteiger partial charge in [-0.1, -0.05) is 0 Å². The highest BCUT2D eigenvalue weighted by Crippen LogP contribution is 2.39. The van der Waals surface area contributed by atoms with Crippen molar-refractivity contribution in [1.82, 2.24) is 48.9 Å². The van der Waals surface area contributed by atoms with Gasteiger partial charge in [0.15, 0.2) is 0 Å². The molecule has 2 aliphatic heterocycles. The monoisotopic (exact) mass is 870 g/mol. The Morgan fingerprint density at radius 2 is 1.45 bits per heavy atom. The van der Waals surface area contributed by atoms with Crippen LogP contribution < -0.4 is 25.4 Å². The molecule has 1 fully saturated rings. The summed E-state index contributed by atoms with van der Waals surface area (Å²) in [5.74, 6) is 0.626. The SMILES string of the molecule is CCn1nc(C)cc1C(=O)Nc1nc2cc(C#N)cc(OCCCNC(=O)CN3CCOCC3)c2n1CCCC1COc2cc(C#N)cc3nc(NC(=O)c4cc(C)nn4CC)n1c23. The minimum atomic E-state index is -0.398. The Labute approximate surface area is 368 Å². The Kier molecular flexibility index (Phi) is 12.9. The van der Waals surface area contributed by atoms with Crippen LogP contribution in [0, 0.1) is 36.5 Å². The number of morpholine rings is 1. The molecule has 1 atom stereocenters. The van der Waals surface area contributed by atoms with Crippen molar-refractivity contribution in [3.63, 3.8) is 0 Å². The molecule has 64 heavy (non-hydrogen) atoms. The summed E-state index contributed by atoms with van der Waals surface area (Å²) < 4.78 is 25.1. The molecule has 0 saturated carbocycles. The second-order valence-corrected chi connectivity index (χ2v) is 15.7. The van der Waals surface area contributed by atoms with Gasteiger partial charge >= 0.3 is 0 Å². The maximum atomic E-state index is 13.9. The van der Waals surface area contributed by atoms with Crippen LogP contribution in [-0.4, -0.2) is 114 Å². The first-order valence-electron chi connectivity index (χ1n) is 21.5.